The molecule has 0 aliphatic rings. The number of benzene rings is 1. The Hall–Kier alpha value is -2.67. The lowest BCUT2D eigenvalue weighted by molar-refractivity contribution is -0.384. The molecule has 1 aromatic carbocycles. The summed E-state index contributed by atoms with van der Waals surface area (Å²) < 4.78 is 5.32. The maximum absolute atomic E-state index is 12.1. The van der Waals surface area contributed by atoms with Crippen molar-refractivity contribution in [1.82, 2.24) is 4.90 Å². The van der Waals surface area contributed by atoms with E-state index >= 15 is 0 Å². The number of hydrogen-bond acceptors (Lipinski definition) is 5. The highest BCUT2D eigenvalue weighted by atomic mass is 16.6. The van der Waals surface area contributed by atoms with Crippen LogP contribution in [0.2, 0.25) is 0 Å². The zero-order valence-electron chi connectivity index (χ0n) is 13.8. The fourth-order valence-electron chi connectivity index (χ4n) is 2.35. The Morgan fingerprint density at radius 2 is 2.17 bits per heavy atom. The number of aryl methyl sites for hydroxylation is 1. The summed E-state index contributed by atoms with van der Waals surface area (Å²) in [6.45, 7) is 5.84. The van der Waals surface area contributed by atoms with E-state index in [1.807, 2.05) is 19.1 Å². The number of anilines is 1. The van der Waals surface area contributed by atoms with Gasteiger partial charge in [0.1, 0.15) is 5.76 Å². The summed E-state index contributed by atoms with van der Waals surface area (Å²) >= 11 is 0. The molecule has 2 aromatic rings. The van der Waals surface area contributed by atoms with Crippen molar-refractivity contribution in [2.75, 3.05) is 18.4 Å². The summed E-state index contributed by atoms with van der Waals surface area (Å²) in [6.07, 6.45) is 1.97. The number of carbonyl (C=O) groups excluding carboxylic acids is 1. The highest BCUT2D eigenvalue weighted by Gasteiger charge is 2.12. The van der Waals surface area contributed by atoms with Crippen molar-refractivity contribution in [1.29, 1.82) is 0 Å². The van der Waals surface area contributed by atoms with Crippen molar-refractivity contribution in [2.24, 2.45) is 0 Å². The minimum atomic E-state index is -0.452. The first-order valence-corrected chi connectivity index (χ1v) is 7.79. The maximum Gasteiger partial charge on any atom is 0.269 e. The van der Waals surface area contributed by atoms with Gasteiger partial charge in [0, 0.05) is 30.8 Å². The maximum atomic E-state index is 12.1. The molecule has 1 N–H and O–H groups in total. The van der Waals surface area contributed by atoms with E-state index in [4.69, 9.17) is 4.42 Å². The van der Waals surface area contributed by atoms with E-state index in [0.717, 1.165) is 12.3 Å². The summed E-state index contributed by atoms with van der Waals surface area (Å²) in [7, 11) is 0. The fourth-order valence-corrected chi connectivity index (χ4v) is 2.35. The molecule has 0 fully saturated rings. The lowest BCUT2D eigenvalue weighted by Crippen LogP contribution is -2.27. The van der Waals surface area contributed by atoms with E-state index in [9.17, 15) is 14.9 Å². The molecule has 0 spiro atoms. The Labute approximate surface area is 140 Å². The fraction of sp³-hybridized carbons (Fsp3) is 0.353. The van der Waals surface area contributed by atoms with Crippen molar-refractivity contribution >= 4 is 17.3 Å². The molecule has 128 valence electrons. The van der Waals surface area contributed by atoms with Crippen LogP contribution < -0.4 is 5.32 Å². The van der Waals surface area contributed by atoms with Crippen molar-refractivity contribution in [2.45, 2.75) is 26.8 Å². The van der Waals surface area contributed by atoms with E-state index in [-0.39, 0.29) is 11.6 Å². The van der Waals surface area contributed by atoms with Gasteiger partial charge in [0.15, 0.2) is 0 Å². The van der Waals surface area contributed by atoms with Gasteiger partial charge in [-0.2, -0.15) is 0 Å². The smallest absolute Gasteiger partial charge is 0.269 e. The van der Waals surface area contributed by atoms with Gasteiger partial charge in [-0.25, -0.2) is 0 Å². The zero-order valence-corrected chi connectivity index (χ0v) is 13.8. The quantitative estimate of drug-likeness (QED) is 0.592. The average Bonchev–Trinajstić information content (AvgIpc) is 3.06. The first-order valence-electron chi connectivity index (χ1n) is 7.79. The molecule has 0 unspecified atom stereocenters. The molecule has 24 heavy (non-hydrogen) atoms. The van der Waals surface area contributed by atoms with Gasteiger partial charge in [-0.3, -0.25) is 19.8 Å². The second-order valence-electron chi connectivity index (χ2n) is 5.50. The van der Waals surface area contributed by atoms with Gasteiger partial charge in [-0.05, 0) is 37.2 Å². The number of rotatable bonds is 8. The number of furan rings is 1. The molecule has 0 saturated carbocycles. The topological polar surface area (TPSA) is 88.6 Å². The van der Waals surface area contributed by atoms with Crippen LogP contribution in [0.25, 0.3) is 0 Å². The molecule has 0 bridgehead atoms. The lowest BCUT2D eigenvalue weighted by Gasteiger charge is -2.18. The van der Waals surface area contributed by atoms with E-state index in [2.05, 4.69) is 10.2 Å². The van der Waals surface area contributed by atoms with Gasteiger partial charge in [-0.1, -0.05) is 6.92 Å². The molecule has 1 aromatic heterocycles. The molecule has 0 saturated heterocycles. The monoisotopic (exact) mass is 331 g/mol. The van der Waals surface area contributed by atoms with E-state index in [1.165, 1.54) is 12.1 Å². The van der Waals surface area contributed by atoms with Crippen molar-refractivity contribution in [3.05, 3.63) is 58.0 Å². The van der Waals surface area contributed by atoms with Crippen LogP contribution in [0.5, 0.6) is 0 Å². The predicted molar refractivity (Wildman–Crippen MR) is 90.7 cm³/mol. The number of nitro benzene ring substituents is 1. The zero-order chi connectivity index (χ0) is 17.5. The molecule has 2 rings (SSSR count). The molecule has 0 aliphatic heterocycles. The van der Waals surface area contributed by atoms with E-state index < -0.39 is 4.92 Å². The minimum Gasteiger partial charge on any atom is -0.468 e. The number of non-ortho nitro benzene ring substituents is 1. The van der Waals surface area contributed by atoms with Crippen LogP contribution in [0.3, 0.4) is 0 Å². The molecule has 1 heterocycles. The molecular formula is C17H21N3O4. The second kappa shape index (κ2) is 8.26. The van der Waals surface area contributed by atoms with E-state index in [1.54, 1.807) is 19.3 Å². The molecule has 0 atom stereocenters. The number of nitrogens with zero attached hydrogens (tertiary/aromatic N) is 2. The number of nitro groups is 1. The Kier molecular flexibility index (Phi) is 6.08. The normalized spacial score (nSPS) is 10.8. The first kappa shape index (κ1) is 17.7. The van der Waals surface area contributed by atoms with Gasteiger partial charge in [-0.15, -0.1) is 0 Å². The summed E-state index contributed by atoms with van der Waals surface area (Å²) in [5.74, 6) is 0.744. The Bertz CT molecular complexity index is 698. The summed E-state index contributed by atoms with van der Waals surface area (Å²) in [4.78, 5) is 24.5. The third-order valence-electron chi connectivity index (χ3n) is 3.76. The molecule has 7 heteroatoms. The Morgan fingerprint density at radius 1 is 1.38 bits per heavy atom. The van der Waals surface area contributed by atoms with Crippen LogP contribution in [-0.2, 0) is 11.3 Å². The standard InChI is InChI=1S/C17H21N3O4/c1-3-19(12-15-5-4-10-24-15)9-8-17(21)18-16-7-6-14(20(22)23)11-13(16)2/h4-7,10-11H,3,8-9,12H2,1-2H3,(H,18,21). The second-order valence-corrected chi connectivity index (χ2v) is 5.50. The lowest BCUT2D eigenvalue weighted by atomic mass is 10.1. The van der Waals surface area contributed by atoms with Crippen molar-refractivity contribution in [3.8, 4) is 0 Å². The van der Waals surface area contributed by atoms with Gasteiger partial charge < -0.3 is 9.73 Å². The Balaban J connectivity index is 1.87. The van der Waals surface area contributed by atoms with Crippen LogP contribution in [0.1, 0.15) is 24.7 Å². The number of hydrogen-bond donors (Lipinski definition) is 1. The molecule has 0 aliphatic carbocycles. The average molecular weight is 331 g/mol. The Morgan fingerprint density at radius 3 is 2.75 bits per heavy atom. The van der Waals surface area contributed by atoms with Gasteiger partial charge in [0.05, 0.1) is 17.7 Å². The summed E-state index contributed by atoms with van der Waals surface area (Å²) in [6, 6.07) is 8.14. The van der Waals surface area contributed by atoms with Crippen LogP contribution in [0.4, 0.5) is 11.4 Å². The number of nitrogens with one attached hydrogen (secondary N) is 1. The SMILES string of the molecule is CCN(CCC(=O)Nc1ccc([N+](=O)[O-])cc1C)Cc1ccco1. The van der Waals surface area contributed by atoms with Crippen LogP contribution in [0, 0.1) is 17.0 Å². The van der Waals surface area contributed by atoms with Crippen LogP contribution in [0.15, 0.2) is 41.0 Å². The number of carbonyl (C=O) groups is 1. The van der Waals surface area contributed by atoms with Gasteiger partial charge in [0.25, 0.3) is 5.69 Å². The molecular weight excluding hydrogens is 310 g/mol. The highest BCUT2D eigenvalue weighted by Crippen LogP contribution is 2.21. The van der Waals surface area contributed by atoms with Gasteiger partial charge >= 0.3 is 0 Å². The third-order valence-corrected chi connectivity index (χ3v) is 3.76. The molecule has 1 amide bonds. The van der Waals surface area contributed by atoms with Gasteiger partial charge in [0.2, 0.25) is 5.91 Å². The molecule has 7 nitrogen and oxygen atoms in total. The summed E-state index contributed by atoms with van der Waals surface area (Å²) in [5, 5.41) is 13.5. The van der Waals surface area contributed by atoms with E-state index in [0.29, 0.717) is 30.8 Å². The van der Waals surface area contributed by atoms with Crippen LogP contribution >= 0.6 is 0 Å². The molecule has 0 radical (unpaired) electrons. The highest BCUT2D eigenvalue weighted by molar-refractivity contribution is 5.91. The third kappa shape index (κ3) is 4.92. The number of amides is 1. The first-order chi connectivity index (χ1) is 11.5. The predicted octanol–water partition coefficient (Wildman–Crippen LogP) is 3.35. The van der Waals surface area contributed by atoms with Crippen LogP contribution in [-0.4, -0.2) is 28.8 Å². The van der Waals surface area contributed by atoms with Crippen molar-refractivity contribution in [3.63, 3.8) is 0 Å². The minimum absolute atomic E-state index is 0.0149. The largest absolute Gasteiger partial charge is 0.468 e. The summed E-state index contributed by atoms with van der Waals surface area (Å²) in [5.41, 5.74) is 1.28. The van der Waals surface area contributed by atoms with Crippen molar-refractivity contribution < 1.29 is 14.1 Å².